The first-order valence-electron chi connectivity index (χ1n) is 4.67. The summed E-state index contributed by atoms with van der Waals surface area (Å²) < 4.78 is 12.5. The van der Waals surface area contributed by atoms with E-state index in [1.165, 1.54) is 12.1 Å². The average molecular weight is 211 g/mol. The molecule has 15 heavy (non-hydrogen) atoms. The van der Waals surface area contributed by atoms with Crippen molar-refractivity contribution in [3.63, 3.8) is 0 Å². The second-order valence-corrected chi connectivity index (χ2v) is 3.09. The second kappa shape index (κ2) is 5.98. The van der Waals surface area contributed by atoms with Crippen molar-refractivity contribution in [2.45, 2.75) is 6.54 Å². The summed E-state index contributed by atoms with van der Waals surface area (Å²) in [5.41, 5.74) is 5.88. The van der Waals surface area contributed by atoms with Gasteiger partial charge in [-0.3, -0.25) is 0 Å². The quantitative estimate of drug-likeness (QED) is 0.624. The molecule has 0 aliphatic carbocycles. The maximum atomic E-state index is 12.5. The van der Waals surface area contributed by atoms with Crippen molar-refractivity contribution < 1.29 is 9.18 Å². The molecule has 4 N–H and O–H groups in total. The number of hydrogen-bond donors (Lipinski definition) is 3. The number of primary amides is 1. The fourth-order valence-electron chi connectivity index (χ4n) is 1.11. The zero-order valence-electron chi connectivity index (χ0n) is 8.29. The molecule has 0 radical (unpaired) electrons. The molecule has 0 saturated carbocycles. The Morgan fingerprint density at radius 3 is 2.53 bits per heavy atom. The van der Waals surface area contributed by atoms with Crippen LogP contribution < -0.4 is 16.4 Å². The number of carbonyl (C=O) groups is 1. The maximum Gasteiger partial charge on any atom is 0.312 e. The van der Waals surface area contributed by atoms with E-state index in [1.807, 2.05) is 0 Å². The van der Waals surface area contributed by atoms with Gasteiger partial charge in [-0.15, -0.1) is 0 Å². The summed E-state index contributed by atoms with van der Waals surface area (Å²) in [7, 11) is 0. The van der Waals surface area contributed by atoms with E-state index in [2.05, 4.69) is 10.6 Å². The monoisotopic (exact) mass is 211 g/mol. The van der Waals surface area contributed by atoms with E-state index >= 15 is 0 Å². The SMILES string of the molecule is NC(=O)NCCNCc1ccc(F)cc1. The molecule has 0 aromatic heterocycles. The van der Waals surface area contributed by atoms with E-state index in [0.29, 0.717) is 19.6 Å². The van der Waals surface area contributed by atoms with Gasteiger partial charge in [-0.25, -0.2) is 9.18 Å². The lowest BCUT2D eigenvalue weighted by Crippen LogP contribution is -2.35. The lowest BCUT2D eigenvalue weighted by atomic mass is 10.2. The van der Waals surface area contributed by atoms with Crippen LogP contribution in [0.25, 0.3) is 0 Å². The second-order valence-electron chi connectivity index (χ2n) is 3.09. The topological polar surface area (TPSA) is 67.2 Å². The fraction of sp³-hybridized carbons (Fsp3) is 0.300. The van der Waals surface area contributed by atoms with Crippen LogP contribution in [0.5, 0.6) is 0 Å². The highest BCUT2D eigenvalue weighted by molar-refractivity contribution is 5.71. The zero-order chi connectivity index (χ0) is 11.1. The molecule has 2 amide bonds. The number of amides is 2. The van der Waals surface area contributed by atoms with Crippen LogP contribution in [0, 0.1) is 5.82 Å². The number of halogens is 1. The predicted molar refractivity (Wildman–Crippen MR) is 55.7 cm³/mol. The number of hydrogen-bond acceptors (Lipinski definition) is 2. The molecule has 0 bridgehead atoms. The summed E-state index contributed by atoms with van der Waals surface area (Å²) in [6.07, 6.45) is 0. The number of nitrogens with two attached hydrogens (primary N) is 1. The summed E-state index contributed by atoms with van der Waals surface area (Å²) in [5, 5.41) is 5.54. The van der Waals surface area contributed by atoms with Crippen LogP contribution in [-0.2, 0) is 6.54 Å². The van der Waals surface area contributed by atoms with Crippen LogP contribution in [-0.4, -0.2) is 19.1 Å². The molecular weight excluding hydrogens is 197 g/mol. The molecule has 0 atom stereocenters. The summed E-state index contributed by atoms with van der Waals surface area (Å²) in [6.45, 7) is 1.75. The standard InChI is InChI=1S/C10H14FN3O/c11-9-3-1-8(2-4-9)7-13-5-6-14-10(12)15/h1-4,13H,5-7H2,(H3,12,14,15). The van der Waals surface area contributed by atoms with Crippen molar-refractivity contribution in [3.8, 4) is 0 Å². The molecule has 0 fully saturated rings. The molecule has 1 aromatic rings. The lowest BCUT2D eigenvalue weighted by molar-refractivity contribution is 0.249. The zero-order valence-corrected chi connectivity index (χ0v) is 8.29. The first kappa shape index (κ1) is 11.5. The number of benzene rings is 1. The Balaban J connectivity index is 2.15. The van der Waals surface area contributed by atoms with E-state index in [1.54, 1.807) is 12.1 Å². The number of urea groups is 1. The summed E-state index contributed by atoms with van der Waals surface area (Å²) >= 11 is 0. The van der Waals surface area contributed by atoms with Crippen LogP contribution in [0.4, 0.5) is 9.18 Å². The Kier molecular flexibility index (Phi) is 4.56. The Hall–Kier alpha value is -1.62. The molecule has 1 aromatic carbocycles. The number of carbonyl (C=O) groups excluding carboxylic acids is 1. The molecule has 5 heteroatoms. The van der Waals surface area contributed by atoms with E-state index in [-0.39, 0.29) is 5.82 Å². The molecule has 0 unspecified atom stereocenters. The van der Waals surface area contributed by atoms with Gasteiger partial charge in [-0.05, 0) is 17.7 Å². The Labute approximate surface area is 87.7 Å². The van der Waals surface area contributed by atoms with Crippen molar-refractivity contribution in [1.82, 2.24) is 10.6 Å². The van der Waals surface area contributed by atoms with Gasteiger partial charge in [0.15, 0.2) is 0 Å². The van der Waals surface area contributed by atoms with Gasteiger partial charge in [0.05, 0.1) is 0 Å². The van der Waals surface area contributed by atoms with Gasteiger partial charge in [-0.2, -0.15) is 0 Å². The van der Waals surface area contributed by atoms with Crippen LogP contribution in [0.15, 0.2) is 24.3 Å². The Bertz CT molecular complexity index is 313. The molecule has 0 aliphatic heterocycles. The first-order valence-corrected chi connectivity index (χ1v) is 4.67. The minimum Gasteiger partial charge on any atom is -0.352 e. The van der Waals surface area contributed by atoms with Crippen molar-refractivity contribution >= 4 is 6.03 Å². The highest BCUT2D eigenvalue weighted by Crippen LogP contribution is 2.01. The van der Waals surface area contributed by atoms with Crippen molar-refractivity contribution in [1.29, 1.82) is 0 Å². The third-order valence-electron chi connectivity index (χ3n) is 1.84. The normalized spacial score (nSPS) is 9.93. The van der Waals surface area contributed by atoms with Crippen LogP contribution >= 0.6 is 0 Å². The van der Waals surface area contributed by atoms with E-state index < -0.39 is 6.03 Å². The third kappa shape index (κ3) is 4.97. The minimum absolute atomic E-state index is 0.242. The Morgan fingerprint density at radius 1 is 1.27 bits per heavy atom. The number of nitrogens with one attached hydrogen (secondary N) is 2. The molecule has 4 nitrogen and oxygen atoms in total. The summed E-state index contributed by atoms with van der Waals surface area (Å²) in [4.78, 5) is 10.3. The van der Waals surface area contributed by atoms with E-state index in [0.717, 1.165) is 5.56 Å². The summed E-state index contributed by atoms with van der Waals surface area (Å²) in [5.74, 6) is -0.242. The lowest BCUT2D eigenvalue weighted by Gasteiger charge is -2.05. The molecule has 0 spiro atoms. The van der Waals surface area contributed by atoms with E-state index in [4.69, 9.17) is 5.73 Å². The fourth-order valence-corrected chi connectivity index (χ4v) is 1.11. The van der Waals surface area contributed by atoms with Crippen molar-refractivity contribution in [2.24, 2.45) is 5.73 Å². The highest BCUT2D eigenvalue weighted by Gasteiger charge is 1.94. The molecule has 1 rings (SSSR count). The molecule has 0 aliphatic rings. The summed E-state index contributed by atoms with van der Waals surface area (Å²) in [6, 6.07) is 5.73. The van der Waals surface area contributed by atoms with E-state index in [9.17, 15) is 9.18 Å². The number of rotatable bonds is 5. The molecule has 0 saturated heterocycles. The minimum atomic E-state index is -0.529. The van der Waals surface area contributed by atoms with Crippen LogP contribution in [0.3, 0.4) is 0 Å². The van der Waals surface area contributed by atoms with Crippen molar-refractivity contribution in [3.05, 3.63) is 35.6 Å². The average Bonchev–Trinajstić information content (AvgIpc) is 2.20. The smallest absolute Gasteiger partial charge is 0.312 e. The highest BCUT2D eigenvalue weighted by atomic mass is 19.1. The van der Waals surface area contributed by atoms with Gasteiger partial charge < -0.3 is 16.4 Å². The molecule has 82 valence electrons. The van der Waals surface area contributed by atoms with Gasteiger partial charge in [0, 0.05) is 19.6 Å². The van der Waals surface area contributed by atoms with Crippen LogP contribution in [0.1, 0.15) is 5.56 Å². The molecule has 0 heterocycles. The maximum absolute atomic E-state index is 12.5. The van der Waals surface area contributed by atoms with Crippen LogP contribution in [0.2, 0.25) is 0 Å². The first-order chi connectivity index (χ1) is 7.18. The van der Waals surface area contributed by atoms with Gasteiger partial charge in [-0.1, -0.05) is 12.1 Å². The van der Waals surface area contributed by atoms with Gasteiger partial charge >= 0.3 is 6.03 Å². The van der Waals surface area contributed by atoms with Gasteiger partial charge in [0.1, 0.15) is 5.82 Å². The van der Waals surface area contributed by atoms with Gasteiger partial charge in [0.2, 0.25) is 0 Å². The molecular formula is C10H14FN3O. The van der Waals surface area contributed by atoms with Gasteiger partial charge in [0.25, 0.3) is 0 Å². The predicted octanol–water partition coefficient (Wildman–Crippen LogP) is 0.584. The third-order valence-corrected chi connectivity index (χ3v) is 1.84. The Morgan fingerprint density at radius 2 is 1.93 bits per heavy atom. The largest absolute Gasteiger partial charge is 0.352 e. The van der Waals surface area contributed by atoms with Crippen molar-refractivity contribution in [2.75, 3.05) is 13.1 Å².